The molecular weight excluding hydrogens is 361 g/mol. The monoisotopic (exact) mass is 381 g/mol. The molecular formula is C20H20FN5O2. The van der Waals surface area contributed by atoms with E-state index in [1.807, 2.05) is 17.0 Å². The fourth-order valence-corrected chi connectivity index (χ4v) is 3.54. The molecule has 28 heavy (non-hydrogen) atoms. The van der Waals surface area contributed by atoms with Crippen molar-refractivity contribution in [2.75, 3.05) is 32.0 Å². The van der Waals surface area contributed by atoms with Crippen LogP contribution in [0.3, 0.4) is 0 Å². The summed E-state index contributed by atoms with van der Waals surface area (Å²) in [6.45, 7) is 1.90. The van der Waals surface area contributed by atoms with Crippen LogP contribution in [-0.4, -0.2) is 58.5 Å². The molecule has 0 aliphatic carbocycles. The standard InChI is InChI=1S/C20H20FN5O2/c1-25-19(27)15-3-2-11-26(18(15)20(25)28)12-10-22-17-9-8-16(23-24-17)13-4-6-14(21)7-5-13/h4-9H,2-3,10-12H2,1H3,(H,22,24). The predicted octanol–water partition coefficient (Wildman–Crippen LogP) is 2.04. The van der Waals surface area contributed by atoms with E-state index in [1.165, 1.54) is 24.1 Å². The number of halogens is 1. The minimum absolute atomic E-state index is 0.181. The zero-order chi connectivity index (χ0) is 19.7. The molecule has 0 fully saturated rings. The van der Waals surface area contributed by atoms with Crippen LogP contribution in [0.2, 0.25) is 0 Å². The number of rotatable bonds is 5. The number of amides is 2. The number of carbonyl (C=O) groups excluding carboxylic acids is 2. The summed E-state index contributed by atoms with van der Waals surface area (Å²) < 4.78 is 13.0. The van der Waals surface area contributed by atoms with Crippen LogP contribution in [0.1, 0.15) is 12.8 Å². The van der Waals surface area contributed by atoms with Gasteiger partial charge in [-0.25, -0.2) is 4.39 Å². The number of aromatic nitrogens is 2. The molecule has 0 saturated carbocycles. The van der Waals surface area contributed by atoms with Gasteiger partial charge in [-0.05, 0) is 49.2 Å². The van der Waals surface area contributed by atoms with Crippen LogP contribution in [0.25, 0.3) is 11.3 Å². The summed E-state index contributed by atoms with van der Waals surface area (Å²) in [4.78, 5) is 27.6. The molecule has 0 bridgehead atoms. The van der Waals surface area contributed by atoms with Crippen molar-refractivity contribution in [3.05, 3.63) is 53.5 Å². The van der Waals surface area contributed by atoms with E-state index in [0.29, 0.717) is 42.3 Å². The summed E-state index contributed by atoms with van der Waals surface area (Å²) in [6, 6.07) is 9.72. The summed E-state index contributed by atoms with van der Waals surface area (Å²) >= 11 is 0. The Bertz CT molecular complexity index is 940. The number of likely N-dealkylation sites (N-methyl/N-ethyl adjacent to an activating group) is 1. The molecule has 0 spiro atoms. The van der Waals surface area contributed by atoms with Gasteiger partial charge in [-0.1, -0.05) is 0 Å². The zero-order valence-electron chi connectivity index (χ0n) is 15.5. The van der Waals surface area contributed by atoms with Gasteiger partial charge in [0.25, 0.3) is 11.8 Å². The number of hydrogen-bond donors (Lipinski definition) is 1. The molecule has 2 aromatic rings. The van der Waals surface area contributed by atoms with Crippen molar-refractivity contribution in [3.63, 3.8) is 0 Å². The number of nitrogens with one attached hydrogen (secondary N) is 1. The molecule has 144 valence electrons. The van der Waals surface area contributed by atoms with Crippen molar-refractivity contribution in [2.24, 2.45) is 0 Å². The highest BCUT2D eigenvalue weighted by Crippen LogP contribution is 2.30. The highest BCUT2D eigenvalue weighted by Gasteiger charge is 2.40. The minimum atomic E-state index is -0.292. The third-order valence-corrected chi connectivity index (χ3v) is 5.02. The van der Waals surface area contributed by atoms with E-state index in [9.17, 15) is 14.0 Å². The van der Waals surface area contributed by atoms with Gasteiger partial charge in [0.1, 0.15) is 17.3 Å². The largest absolute Gasteiger partial charge is 0.367 e. The van der Waals surface area contributed by atoms with Crippen molar-refractivity contribution < 1.29 is 14.0 Å². The van der Waals surface area contributed by atoms with Gasteiger partial charge in [0.05, 0.1) is 5.69 Å². The highest BCUT2D eigenvalue weighted by atomic mass is 19.1. The number of anilines is 1. The minimum Gasteiger partial charge on any atom is -0.367 e. The zero-order valence-corrected chi connectivity index (χ0v) is 15.5. The molecule has 1 N–H and O–H groups in total. The molecule has 1 aromatic heterocycles. The van der Waals surface area contributed by atoms with E-state index in [0.717, 1.165) is 18.5 Å². The smallest absolute Gasteiger partial charge is 0.277 e. The number of carbonyl (C=O) groups is 2. The number of nitrogens with zero attached hydrogens (tertiary/aromatic N) is 4. The highest BCUT2D eigenvalue weighted by molar-refractivity contribution is 6.18. The Morgan fingerprint density at radius 3 is 2.57 bits per heavy atom. The number of benzene rings is 1. The van der Waals surface area contributed by atoms with Gasteiger partial charge in [-0.15, -0.1) is 10.2 Å². The van der Waals surface area contributed by atoms with Gasteiger partial charge in [-0.2, -0.15) is 0 Å². The first-order valence-corrected chi connectivity index (χ1v) is 9.18. The Hall–Kier alpha value is -3.29. The average Bonchev–Trinajstić information content (AvgIpc) is 2.94. The Balaban J connectivity index is 1.37. The average molecular weight is 381 g/mol. The van der Waals surface area contributed by atoms with E-state index in [1.54, 1.807) is 12.1 Å². The normalized spacial score (nSPS) is 16.6. The van der Waals surface area contributed by atoms with Gasteiger partial charge in [-0.3, -0.25) is 14.5 Å². The fourth-order valence-electron chi connectivity index (χ4n) is 3.54. The van der Waals surface area contributed by atoms with Crippen molar-refractivity contribution in [3.8, 4) is 11.3 Å². The van der Waals surface area contributed by atoms with Gasteiger partial charge in [0.2, 0.25) is 0 Å². The van der Waals surface area contributed by atoms with E-state index >= 15 is 0 Å². The number of imide groups is 1. The Kier molecular flexibility index (Phi) is 4.77. The first-order chi connectivity index (χ1) is 13.5. The van der Waals surface area contributed by atoms with Gasteiger partial charge >= 0.3 is 0 Å². The molecule has 0 unspecified atom stereocenters. The molecule has 7 nitrogen and oxygen atoms in total. The molecule has 0 atom stereocenters. The summed E-state index contributed by atoms with van der Waals surface area (Å²) in [6.07, 6.45) is 1.52. The SMILES string of the molecule is CN1C(=O)C2=C(C1=O)N(CCNc1ccc(-c3ccc(F)cc3)nn1)CCC2. The van der Waals surface area contributed by atoms with Crippen LogP contribution in [-0.2, 0) is 9.59 Å². The predicted molar refractivity (Wildman–Crippen MR) is 102 cm³/mol. The second-order valence-corrected chi connectivity index (χ2v) is 6.82. The van der Waals surface area contributed by atoms with Crippen LogP contribution in [0.5, 0.6) is 0 Å². The topological polar surface area (TPSA) is 78.4 Å². The van der Waals surface area contributed by atoms with Gasteiger partial charge < -0.3 is 10.2 Å². The second-order valence-electron chi connectivity index (χ2n) is 6.82. The summed E-state index contributed by atoms with van der Waals surface area (Å²) in [5, 5.41) is 11.5. The summed E-state index contributed by atoms with van der Waals surface area (Å²) in [7, 11) is 1.53. The first-order valence-electron chi connectivity index (χ1n) is 9.18. The lowest BCUT2D eigenvalue weighted by molar-refractivity contribution is -0.136. The van der Waals surface area contributed by atoms with E-state index in [-0.39, 0.29) is 17.6 Å². The molecule has 2 aliphatic rings. The van der Waals surface area contributed by atoms with Crippen molar-refractivity contribution in [1.82, 2.24) is 20.0 Å². The van der Waals surface area contributed by atoms with E-state index < -0.39 is 0 Å². The van der Waals surface area contributed by atoms with Gasteiger partial charge in [0, 0.05) is 37.8 Å². The molecule has 4 rings (SSSR count). The molecule has 2 amide bonds. The van der Waals surface area contributed by atoms with Crippen molar-refractivity contribution >= 4 is 17.6 Å². The Morgan fingerprint density at radius 1 is 1.07 bits per heavy atom. The molecule has 8 heteroatoms. The molecule has 3 heterocycles. The van der Waals surface area contributed by atoms with Crippen LogP contribution < -0.4 is 5.32 Å². The maximum Gasteiger partial charge on any atom is 0.277 e. The van der Waals surface area contributed by atoms with E-state index in [4.69, 9.17) is 0 Å². The Labute approximate surface area is 161 Å². The third-order valence-electron chi connectivity index (χ3n) is 5.02. The van der Waals surface area contributed by atoms with Gasteiger partial charge in [0.15, 0.2) is 0 Å². The van der Waals surface area contributed by atoms with Crippen molar-refractivity contribution in [1.29, 1.82) is 0 Å². The Morgan fingerprint density at radius 2 is 1.86 bits per heavy atom. The summed E-state index contributed by atoms with van der Waals surface area (Å²) in [5.74, 6) is -0.0781. The maximum atomic E-state index is 13.0. The lowest BCUT2D eigenvalue weighted by Gasteiger charge is -2.29. The van der Waals surface area contributed by atoms with Crippen LogP contribution >= 0.6 is 0 Å². The molecule has 1 aromatic carbocycles. The first kappa shape index (κ1) is 18.1. The van der Waals surface area contributed by atoms with E-state index in [2.05, 4.69) is 15.5 Å². The van der Waals surface area contributed by atoms with Crippen LogP contribution in [0, 0.1) is 5.82 Å². The molecule has 0 saturated heterocycles. The lowest BCUT2D eigenvalue weighted by Crippen LogP contribution is -2.36. The second kappa shape index (κ2) is 7.38. The van der Waals surface area contributed by atoms with Crippen LogP contribution in [0.4, 0.5) is 10.2 Å². The fraction of sp³-hybridized carbons (Fsp3) is 0.300. The quantitative estimate of drug-likeness (QED) is 0.799. The third kappa shape index (κ3) is 3.33. The molecule has 2 aliphatic heterocycles. The maximum absolute atomic E-state index is 13.0. The van der Waals surface area contributed by atoms with Crippen LogP contribution in [0.15, 0.2) is 47.7 Å². The number of hydrogen-bond acceptors (Lipinski definition) is 6. The lowest BCUT2D eigenvalue weighted by atomic mass is 10.0. The molecule has 0 radical (unpaired) electrons. The summed E-state index contributed by atoms with van der Waals surface area (Å²) in [5.41, 5.74) is 2.62. The van der Waals surface area contributed by atoms with Crippen molar-refractivity contribution in [2.45, 2.75) is 12.8 Å².